The third kappa shape index (κ3) is 4.09. The Balaban J connectivity index is 1.74. The van der Waals surface area contributed by atoms with Gasteiger partial charge in [0.05, 0.1) is 12.7 Å². The van der Waals surface area contributed by atoms with Gasteiger partial charge < -0.3 is 20.0 Å². The zero-order chi connectivity index (χ0) is 22.8. The minimum absolute atomic E-state index is 0.1000. The fourth-order valence-electron chi connectivity index (χ4n) is 3.88. The summed E-state index contributed by atoms with van der Waals surface area (Å²) < 4.78 is 26.8. The van der Waals surface area contributed by atoms with Crippen molar-refractivity contribution in [2.75, 3.05) is 0 Å². The molecule has 0 aliphatic heterocycles. The minimum Gasteiger partial charge on any atom is -0.488 e. The van der Waals surface area contributed by atoms with Crippen LogP contribution in [0.25, 0.3) is 22.1 Å². The molecule has 0 aliphatic rings. The second-order valence-electron chi connectivity index (χ2n) is 7.82. The van der Waals surface area contributed by atoms with Crippen molar-refractivity contribution in [3.63, 3.8) is 0 Å². The quantitative estimate of drug-likeness (QED) is 0.401. The zero-order valence-electron chi connectivity index (χ0n) is 17.9. The number of aryl methyl sites for hydroxylation is 1. The predicted octanol–water partition coefficient (Wildman–Crippen LogP) is 5.52. The van der Waals surface area contributed by atoms with Crippen LogP contribution in [0.15, 0.2) is 59.2 Å². The average molecular weight is 433 g/mol. The number of halogens is 1. The first-order valence-electron chi connectivity index (χ1n) is 10.3. The molecule has 5 nitrogen and oxygen atoms in total. The maximum Gasteiger partial charge on any atom is 0.307 e. The Bertz CT molecular complexity index is 1310. The van der Waals surface area contributed by atoms with Gasteiger partial charge in [-0.3, -0.25) is 4.79 Å². The van der Waals surface area contributed by atoms with E-state index in [9.17, 15) is 9.90 Å². The van der Waals surface area contributed by atoms with Crippen LogP contribution >= 0.6 is 0 Å². The minimum atomic E-state index is -0.921. The van der Waals surface area contributed by atoms with E-state index >= 15 is 4.39 Å². The number of carboxylic acid groups (broad SMARTS) is 1. The van der Waals surface area contributed by atoms with Gasteiger partial charge in [0.15, 0.2) is 0 Å². The first-order valence-corrected chi connectivity index (χ1v) is 10.3. The van der Waals surface area contributed by atoms with Crippen LogP contribution in [0.2, 0.25) is 0 Å². The Morgan fingerprint density at radius 1 is 1.09 bits per heavy atom. The largest absolute Gasteiger partial charge is 0.488 e. The maximum absolute atomic E-state index is 15.0. The van der Waals surface area contributed by atoms with Gasteiger partial charge >= 0.3 is 5.97 Å². The summed E-state index contributed by atoms with van der Waals surface area (Å²) in [7, 11) is 0. The molecular weight excluding hydrogens is 409 g/mol. The maximum atomic E-state index is 15.0. The second-order valence-corrected chi connectivity index (χ2v) is 7.82. The first-order chi connectivity index (χ1) is 15.4. The molecule has 0 spiro atoms. The Morgan fingerprint density at radius 2 is 1.91 bits per heavy atom. The van der Waals surface area contributed by atoms with Crippen LogP contribution in [0.1, 0.15) is 27.8 Å². The molecule has 6 heteroatoms. The summed E-state index contributed by atoms with van der Waals surface area (Å²) >= 11 is 0. The number of hydrogen-bond donors (Lipinski definition) is 2. The number of rotatable bonds is 7. The zero-order valence-corrected chi connectivity index (χ0v) is 17.9. The summed E-state index contributed by atoms with van der Waals surface area (Å²) in [5.41, 5.74) is 11.1. The monoisotopic (exact) mass is 433 g/mol. The van der Waals surface area contributed by atoms with Gasteiger partial charge in [-0.25, -0.2) is 4.39 Å². The van der Waals surface area contributed by atoms with Gasteiger partial charge in [-0.1, -0.05) is 30.3 Å². The van der Waals surface area contributed by atoms with Crippen molar-refractivity contribution in [3.05, 3.63) is 88.4 Å². The summed E-state index contributed by atoms with van der Waals surface area (Å²) in [6, 6.07) is 14.4. The smallest absolute Gasteiger partial charge is 0.307 e. The SMILES string of the molecule is Cc1ccc(CC(=O)O)c(OCc2cc(-c3cccc(CN)c3F)c3occc3c2)c1C. The van der Waals surface area contributed by atoms with E-state index in [1.807, 2.05) is 38.1 Å². The highest BCUT2D eigenvalue weighted by atomic mass is 19.1. The molecule has 4 aromatic rings. The Hall–Kier alpha value is -3.64. The fourth-order valence-corrected chi connectivity index (χ4v) is 3.88. The highest BCUT2D eigenvalue weighted by molar-refractivity contribution is 5.93. The molecule has 0 radical (unpaired) electrons. The summed E-state index contributed by atoms with van der Waals surface area (Å²) in [4.78, 5) is 11.3. The van der Waals surface area contributed by atoms with Gasteiger partial charge in [0.2, 0.25) is 0 Å². The van der Waals surface area contributed by atoms with E-state index in [1.54, 1.807) is 30.5 Å². The normalized spacial score (nSPS) is 11.1. The number of benzene rings is 3. The molecule has 0 atom stereocenters. The summed E-state index contributed by atoms with van der Waals surface area (Å²) in [5, 5.41) is 10.1. The molecule has 0 bridgehead atoms. The number of carboxylic acids is 1. The Morgan fingerprint density at radius 3 is 2.66 bits per heavy atom. The van der Waals surface area contributed by atoms with Crippen LogP contribution < -0.4 is 10.5 Å². The lowest BCUT2D eigenvalue weighted by Crippen LogP contribution is -2.06. The van der Waals surface area contributed by atoms with Crippen LogP contribution in [0.3, 0.4) is 0 Å². The highest BCUT2D eigenvalue weighted by Crippen LogP contribution is 2.34. The lowest BCUT2D eigenvalue weighted by Gasteiger charge is -2.16. The van der Waals surface area contributed by atoms with Crippen molar-refractivity contribution in [2.45, 2.75) is 33.4 Å². The van der Waals surface area contributed by atoms with Gasteiger partial charge in [-0.2, -0.15) is 0 Å². The number of aliphatic carboxylic acids is 1. The molecule has 0 saturated carbocycles. The number of hydrogen-bond acceptors (Lipinski definition) is 4. The van der Waals surface area contributed by atoms with E-state index in [0.717, 1.165) is 22.1 Å². The van der Waals surface area contributed by atoms with E-state index in [1.165, 1.54) is 0 Å². The Labute approximate surface area is 185 Å². The number of ether oxygens (including phenoxy) is 1. The van der Waals surface area contributed by atoms with Crippen LogP contribution in [0.4, 0.5) is 4.39 Å². The topological polar surface area (TPSA) is 85.7 Å². The van der Waals surface area contributed by atoms with Crippen LogP contribution in [-0.4, -0.2) is 11.1 Å². The second kappa shape index (κ2) is 8.85. The lowest BCUT2D eigenvalue weighted by molar-refractivity contribution is -0.136. The number of furan rings is 1. The van der Waals surface area contributed by atoms with E-state index in [2.05, 4.69) is 0 Å². The van der Waals surface area contributed by atoms with Crippen LogP contribution in [0.5, 0.6) is 5.75 Å². The highest BCUT2D eigenvalue weighted by Gasteiger charge is 2.17. The van der Waals surface area contributed by atoms with E-state index in [4.69, 9.17) is 14.9 Å². The standard InChI is InChI=1S/C26H24FNO4/c1-15-6-7-18(12-23(29)30)25(16(15)2)32-14-17-10-19-8-9-31-26(19)22(11-17)21-5-3-4-20(13-28)24(21)27/h3-11H,12-14,28H2,1-2H3,(H,29,30). The number of fused-ring (bicyclic) bond motifs is 1. The van der Waals surface area contributed by atoms with Crippen molar-refractivity contribution in [1.82, 2.24) is 0 Å². The van der Waals surface area contributed by atoms with E-state index in [-0.39, 0.29) is 25.4 Å². The molecule has 0 amide bonds. The van der Waals surface area contributed by atoms with Crippen molar-refractivity contribution >= 4 is 16.9 Å². The van der Waals surface area contributed by atoms with Crippen molar-refractivity contribution < 1.29 is 23.4 Å². The van der Waals surface area contributed by atoms with Gasteiger partial charge in [0.1, 0.15) is 23.8 Å². The molecule has 0 saturated heterocycles. The first kappa shape index (κ1) is 21.6. The molecular formula is C26H24FNO4. The van der Waals surface area contributed by atoms with Crippen molar-refractivity contribution in [3.8, 4) is 16.9 Å². The molecule has 1 heterocycles. The predicted molar refractivity (Wildman–Crippen MR) is 121 cm³/mol. The third-order valence-corrected chi connectivity index (χ3v) is 5.68. The molecule has 0 fully saturated rings. The lowest BCUT2D eigenvalue weighted by atomic mass is 9.98. The molecule has 3 aromatic carbocycles. The summed E-state index contributed by atoms with van der Waals surface area (Å²) in [6.45, 7) is 4.16. The molecule has 4 rings (SSSR count). The third-order valence-electron chi connectivity index (χ3n) is 5.68. The average Bonchev–Trinajstić information content (AvgIpc) is 3.24. The van der Waals surface area contributed by atoms with Crippen LogP contribution in [-0.2, 0) is 24.4 Å². The van der Waals surface area contributed by atoms with Crippen molar-refractivity contribution in [2.24, 2.45) is 5.73 Å². The van der Waals surface area contributed by atoms with E-state index < -0.39 is 5.97 Å². The molecule has 3 N–H and O–H groups in total. The van der Waals surface area contributed by atoms with Gasteiger partial charge in [-0.05, 0) is 48.7 Å². The fraction of sp³-hybridized carbons (Fsp3) is 0.192. The molecule has 32 heavy (non-hydrogen) atoms. The molecule has 0 aliphatic carbocycles. The van der Waals surface area contributed by atoms with Gasteiger partial charge in [0.25, 0.3) is 0 Å². The molecule has 1 aromatic heterocycles. The summed E-state index contributed by atoms with van der Waals surface area (Å²) in [6.07, 6.45) is 1.44. The van der Waals surface area contributed by atoms with Gasteiger partial charge in [0, 0.05) is 34.2 Å². The molecule has 0 unspecified atom stereocenters. The number of carbonyl (C=O) groups is 1. The van der Waals surface area contributed by atoms with Gasteiger partial charge in [-0.15, -0.1) is 0 Å². The number of nitrogens with two attached hydrogens (primary N) is 1. The van der Waals surface area contributed by atoms with E-state index in [0.29, 0.717) is 33.6 Å². The van der Waals surface area contributed by atoms with Crippen LogP contribution in [0, 0.1) is 19.7 Å². The van der Waals surface area contributed by atoms with Crippen molar-refractivity contribution in [1.29, 1.82) is 0 Å². The Kier molecular flexibility index (Phi) is 5.97. The molecule has 164 valence electrons. The summed E-state index contributed by atoms with van der Waals surface area (Å²) in [5.74, 6) is -0.725.